The molecule has 2 heterocycles. The van der Waals surface area contributed by atoms with Crippen molar-refractivity contribution in [3.8, 4) is 17.1 Å². The predicted octanol–water partition coefficient (Wildman–Crippen LogP) is 5.48. The number of ether oxygens (including phenoxy) is 1. The molecule has 168 valence electrons. The Morgan fingerprint density at radius 3 is 2.88 bits per heavy atom. The van der Waals surface area contributed by atoms with Gasteiger partial charge in [0.2, 0.25) is 5.91 Å². The maximum absolute atomic E-state index is 12.7. The molecule has 0 saturated heterocycles. The predicted molar refractivity (Wildman–Crippen MR) is 127 cm³/mol. The third-order valence-electron chi connectivity index (χ3n) is 5.75. The number of aromatic nitrogens is 4. The van der Waals surface area contributed by atoms with E-state index in [4.69, 9.17) is 16.3 Å². The van der Waals surface area contributed by atoms with Crippen molar-refractivity contribution in [3.63, 3.8) is 0 Å². The molecule has 32 heavy (non-hydrogen) atoms. The lowest BCUT2D eigenvalue weighted by molar-refractivity contribution is -0.113. The number of rotatable bonds is 7. The normalized spacial score (nSPS) is 18.3. The molecule has 1 aliphatic carbocycles. The van der Waals surface area contributed by atoms with Gasteiger partial charge in [-0.15, -0.1) is 10.2 Å². The fourth-order valence-electron chi connectivity index (χ4n) is 4.14. The van der Waals surface area contributed by atoms with E-state index in [0.717, 1.165) is 23.0 Å². The lowest BCUT2D eigenvalue weighted by atomic mass is 9.85. The van der Waals surface area contributed by atoms with E-state index in [9.17, 15) is 4.79 Å². The van der Waals surface area contributed by atoms with Crippen molar-refractivity contribution < 1.29 is 9.53 Å². The molecule has 7 nitrogen and oxygen atoms in total. The number of halogens is 1. The van der Waals surface area contributed by atoms with E-state index in [1.165, 1.54) is 31.0 Å². The van der Waals surface area contributed by atoms with Gasteiger partial charge >= 0.3 is 0 Å². The third-order valence-corrected chi connectivity index (χ3v) is 6.93. The van der Waals surface area contributed by atoms with Crippen LogP contribution in [0.4, 0.5) is 5.69 Å². The summed E-state index contributed by atoms with van der Waals surface area (Å²) in [7, 11) is 1.56. The molecule has 2 atom stereocenters. The fraction of sp³-hybridized carbons (Fsp3) is 0.391. The number of pyridine rings is 1. The van der Waals surface area contributed by atoms with Crippen molar-refractivity contribution in [1.82, 2.24) is 19.7 Å². The van der Waals surface area contributed by atoms with Gasteiger partial charge in [-0.3, -0.25) is 14.3 Å². The molecule has 2 aromatic heterocycles. The van der Waals surface area contributed by atoms with Crippen LogP contribution in [0.1, 0.15) is 38.6 Å². The van der Waals surface area contributed by atoms with Crippen LogP contribution in [0.2, 0.25) is 5.02 Å². The highest BCUT2D eigenvalue weighted by atomic mass is 35.5. The average molecular weight is 472 g/mol. The summed E-state index contributed by atoms with van der Waals surface area (Å²) >= 11 is 7.46. The number of hydrogen-bond donors (Lipinski definition) is 1. The average Bonchev–Trinajstić information content (AvgIpc) is 3.22. The maximum Gasteiger partial charge on any atom is 0.234 e. The number of benzene rings is 1. The van der Waals surface area contributed by atoms with Crippen LogP contribution in [0.25, 0.3) is 11.4 Å². The van der Waals surface area contributed by atoms with Crippen molar-refractivity contribution >= 4 is 35.0 Å². The smallest absolute Gasteiger partial charge is 0.234 e. The molecule has 4 rings (SSSR count). The first-order valence-electron chi connectivity index (χ1n) is 10.7. The summed E-state index contributed by atoms with van der Waals surface area (Å²) in [5.74, 6) is 1.91. The van der Waals surface area contributed by atoms with E-state index in [2.05, 4.69) is 32.0 Å². The second-order valence-corrected chi connectivity index (χ2v) is 9.31. The van der Waals surface area contributed by atoms with E-state index in [-0.39, 0.29) is 11.7 Å². The van der Waals surface area contributed by atoms with Gasteiger partial charge in [0.15, 0.2) is 11.0 Å². The van der Waals surface area contributed by atoms with Crippen LogP contribution in [0, 0.1) is 5.92 Å². The molecule has 0 aliphatic heterocycles. The first-order valence-corrected chi connectivity index (χ1v) is 12.0. The summed E-state index contributed by atoms with van der Waals surface area (Å²) in [5.41, 5.74) is 1.47. The topological polar surface area (TPSA) is 81.9 Å². The quantitative estimate of drug-likeness (QED) is 0.459. The van der Waals surface area contributed by atoms with Crippen LogP contribution < -0.4 is 10.1 Å². The zero-order valence-electron chi connectivity index (χ0n) is 18.1. The molecular formula is C23H26ClN5O2S. The van der Waals surface area contributed by atoms with Crippen LogP contribution >= 0.6 is 23.4 Å². The Morgan fingerprint density at radius 2 is 2.12 bits per heavy atom. The van der Waals surface area contributed by atoms with Crippen molar-refractivity contribution in [1.29, 1.82) is 0 Å². The lowest BCUT2D eigenvalue weighted by Crippen LogP contribution is -2.23. The molecule has 1 N–H and O–H groups in total. The SMILES string of the molecule is COc1ccc(Cl)cc1NC(=O)CSc1nnc(-c2cccnc2)n1[C@H]1CCCC[C@@H]1C. The molecular weight excluding hydrogens is 446 g/mol. The number of carbonyl (C=O) groups excluding carboxylic acids is 1. The van der Waals surface area contributed by atoms with Crippen LogP contribution in [0.3, 0.4) is 0 Å². The second kappa shape index (κ2) is 10.4. The van der Waals surface area contributed by atoms with E-state index in [0.29, 0.717) is 28.4 Å². The van der Waals surface area contributed by atoms with Crippen molar-refractivity contribution in [3.05, 3.63) is 47.7 Å². The first-order chi connectivity index (χ1) is 15.6. The van der Waals surface area contributed by atoms with Gasteiger partial charge in [0, 0.05) is 29.0 Å². The molecule has 0 radical (unpaired) electrons. The van der Waals surface area contributed by atoms with Crippen LogP contribution in [-0.2, 0) is 4.79 Å². The first kappa shape index (κ1) is 22.6. The van der Waals surface area contributed by atoms with Crippen molar-refractivity contribution in [2.75, 3.05) is 18.2 Å². The molecule has 1 aromatic carbocycles. The number of nitrogens with one attached hydrogen (secondary N) is 1. The van der Waals surface area contributed by atoms with E-state index in [1.54, 1.807) is 37.7 Å². The minimum absolute atomic E-state index is 0.162. The minimum atomic E-state index is -0.162. The molecule has 9 heteroatoms. The zero-order chi connectivity index (χ0) is 22.5. The molecule has 0 spiro atoms. The summed E-state index contributed by atoms with van der Waals surface area (Å²) in [4.78, 5) is 16.9. The minimum Gasteiger partial charge on any atom is -0.495 e. The zero-order valence-corrected chi connectivity index (χ0v) is 19.7. The Balaban J connectivity index is 1.55. The number of carbonyl (C=O) groups is 1. The molecule has 1 saturated carbocycles. The van der Waals surface area contributed by atoms with Gasteiger partial charge in [-0.1, -0.05) is 43.1 Å². The van der Waals surface area contributed by atoms with Gasteiger partial charge in [-0.25, -0.2) is 0 Å². The second-order valence-electron chi connectivity index (χ2n) is 7.93. The Labute approximate surface area is 196 Å². The third kappa shape index (κ3) is 5.07. The standard InChI is InChI=1S/C23H26ClN5O2S/c1-15-6-3-4-8-19(15)29-22(16-7-5-11-25-13-16)27-28-23(29)32-14-21(30)26-18-12-17(24)9-10-20(18)31-2/h5,7,9-13,15,19H,3-4,6,8,14H2,1-2H3,(H,26,30)/t15-,19-/m0/s1. The number of amides is 1. The van der Waals surface area contributed by atoms with Gasteiger partial charge in [-0.2, -0.15) is 0 Å². The van der Waals surface area contributed by atoms with Crippen LogP contribution in [-0.4, -0.2) is 38.5 Å². The van der Waals surface area contributed by atoms with E-state index >= 15 is 0 Å². The summed E-state index contributed by atoms with van der Waals surface area (Å²) in [6.45, 7) is 2.28. The maximum atomic E-state index is 12.7. The summed E-state index contributed by atoms with van der Waals surface area (Å²) in [6, 6.07) is 9.32. The number of methoxy groups -OCH3 is 1. The van der Waals surface area contributed by atoms with Gasteiger partial charge in [0.25, 0.3) is 0 Å². The highest BCUT2D eigenvalue weighted by Gasteiger charge is 2.29. The van der Waals surface area contributed by atoms with Crippen LogP contribution in [0.15, 0.2) is 47.9 Å². The van der Waals surface area contributed by atoms with Crippen molar-refractivity contribution in [2.24, 2.45) is 5.92 Å². The van der Waals surface area contributed by atoms with E-state index in [1.807, 2.05) is 12.1 Å². The van der Waals surface area contributed by atoms with E-state index < -0.39 is 0 Å². The summed E-state index contributed by atoms with van der Waals surface area (Å²) < 4.78 is 7.52. The van der Waals surface area contributed by atoms with Gasteiger partial charge in [0.1, 0.15) is 5.75 Å². The Kier molecular flexibility index (Phi) is 7.32. The van der Waals surface area contributed by atoms with Crippen molar-refractivity contribution in [2.45, 2.75) is 43.8 Å². The molecule has 3 aromatic rings. The summed E-state index contributed by atoms with van der Waals surface area (Å²) in [6.07, 6.45) is 8.23. The molecule has 0 unspecified atom stereocenters. The fourth-order valence-corrected chi connectivity index (χ4v) is 5.10. The molecule has 0 bridgehead atoms. The number of thioether (sulfide) groups is 1. The van der Waals surface area contributed by atoms with Crippen LogP contribution in [0.5, 0.6) is 5.75 Å². The van der Waals surface area contributed by atoms with Gasteiger partial charge in [-0.05, 0) is 49.1 Å². The van der Waals surface area contributed by atoms with Gasteiger partial charge < -0.3 is 10.1 Å². The number of nitrogens with zero attached hydrogens (tertiary/aromatic N) is 4. The lowest BCUT2D eigenvalue weighted by Gasteiger charge is -2.31. The molecule has 1 aliphatic rings. The number of hydrogen-bond acceptors (Lipinski definition) is 6. The Bertz CT molecular complexity index is 1080. The highest BCUT2D eigenvalue weighted by Crippen LogP contribution is 2.39. The molecule has 1 fully saturated rings. The highest BCUT2D eigenvalue weighted by molar-refractivity contribution is 7.99. The number of anilines is 1. The molecule has 1 amide bonds. The van der Waals surface area contributed by atoms with Gasteiger partial charge in [0.05, 0.1) is 18.6 Å². The largest absolute Gasteiger partial charge is 0.495 e. The Hall–Kier alpha value is -2.58. The monoisotopic (exact) mass is 471 g/mol. The Morgan fingerprint density at radius 1 is 1.28 bits per heavy atom. The summed E-state index contributed by atoms with van der Waals surface area (Å²) in [5, 5.41) is 13.1.